The van der Waals surface area contributed by atoms with Gasteiger partial charge in [0, 0.05) is 11.8 Å². The van der Waals surface area contributed by atoms with Crippen LogP contribution in [0, 0.1) is 0 Å². The third kappa shape index (κ3) is 6.25. The van der Waals surface area contributed by atoms with Crippen molar-refractivity contribution in [3.05, 3.63) is 61.2 Å². The van der Waals surface area contributed by atoms with Crippen molar-refractivity contribution in [2.75, 3.05) is 29.1 Å². The summed E-state index contributed by atoms with van der Waals surface area (Å²) in [6.45, 7) is 7.83. The Morgan fingerprint density at radius 1 is 1.17 bits per heavy atom. The van der Waals surface area contributed by atoms with Gasteiger partial charge in [0.05, 0.1) is 18.6 Å². The van der Waals surface area contributed by atoms with Crippen LogP contribution in [0.3, 0.4) is 0 Å². The number of benzene rings is 2. The van der Waals surface area contributed by atoms with Gasteiger partial charge in [-0.25, -0.2) is 8.42 Å². The largest absolute Gasteiger partial charge is 0.494 e. The minimum Gasteiger partial charge on any atom is -0.494 e. The maximum absolute atomic E-state index is 12.8. The van der Waals surface area contributed by atoms with E-state index in [4.69, 9.17) is 9.47 Å². The van der Waals surface area contributed by atoms with Crippen molar-refractivity contribution >= 4 is 27.3 Å². The smallest absolute Gasteiger partial charge is 0.247 e. The average Bonchev–Trinajstić information content (AvgIpc) is 2.67. The zero-order valence-corrected chi connectivity index (χ0v) is 17.6. The standard InChI is InChI=1S/C21H26N2O5S/c1-5-14-28-20-9-7-8-17(15-20)22-21(24)16(3)23(29(4,25)26)18-10-12-19(13-11-18)27-6-2/h5,7-13,15-16H,1,6,14H2,2-4H3,(H,22,24)/t16-/m1/s1. The van der Waals surface area contributed by atoms with Gasteiger partial charge in [-0.3, -0.25) is 9.10 Å². The van der Waals surface area contributed by atoms with Crippen LogP contribution in [0.25, 0.3) is 0 Å². The summed E-state index contributed by atoms with van der Waals surface area (Å²) >= 11 is 0. The van der Waals surface area contributed by atoms with E-state index in [-0.39, 0.29) is 0 Å². The van der Waals surface area contributed by atoms with E-state index in [0.29, 0.717) is 36.1 Å². The van der Waals surface area contributed by atoms with Crippen LogP contribution >= 0.6 is 0 Å². The summed E-state index contributed by atoms with van der Waals surface area (Å²) in [5.74, 6) is 0.727. The minimum absolute atomic E-state index is 0.341. The van der Waals surface area contributed by atoms with E-state index < -0.39 is 22.0 Å². The Morgan fingerprint density at radius 2 is 1.86 bits per heavy atom. The SMILES string of the molecule is C=CCOc1cccc(NC(=O)[C@@H](C)N(c2ccc(OCC)cc2)S(C)(=O)=O)c1. The first-order valence-electron chi connectivity index (χ1n) is 9.13. The van der Waals surface area contributed by atoms with Gasteiger partial charge in [-0.2, -0.15) is 0 Å². The monoisotopic (exact) mass is 418 g/mol. The predicted octanol–water partition coefficient (Wildman–Crippen LogP) is 3.44. The van der Waals surface area contributed by atoms with Gasteiger partial charge in [-0.1, -0.05) is 18.7 Å². The Kier molecular flexibility index (Phi) is 7.67. The molecule has 0 heterocycles. The lowest BCUT2D eigenvalue weighted by atomic mass is 10.2. The molecule has 8 heteroatoms. The molecule has 0 bridgehead atoms. The van der Waals surface area contributed by atoms with Crippen LogP contribution in [0.2, 0.25) is 0 Å². The number of rotatable bonds is 10. The van der Waals surface area contributed by atoms with E-state index in [0.717, 1.165) is 10.6 Å². The second kappa shape index (κ2) is 9.97. The van der Waals surface area contributed by atoms with Crippen molar-refractivity contribution in [1.82, 2.24) is 0 Å². The Balaban J connectivity index is 2.22. The highest BCUT2D eigenvalue weighted by atomic mass is 32.2. The molecule has 156 valence electrons. The number of carbonyl (C=O) groups excluding carboxylic acids is 1. The summed E-state index contributed by atoms with van der Waals surface area (Å²) in [5.41, 5.74) is 0.880. The van der Waals surface area contributed by atoms with Gasteiger partial charge in [0.25, 0.3) is 0 Å². The van der Waals surface area contributed by atoms with Crippen LogP contribution in [-0.2, 0) is 14.8 Å². The maximum Gasteiger partial charge on any atom is 0.247 e. The number of sulfonamides is 1. The van der Waals surface area contributed by atoms with E-state index >= 15 is 0 Å². The molecule has 0 spiro atoms. The van der Waals surface area contributed by atoms with Gasteiger partial charge < -0.3 is 14.8 Å². The van der Waals surface area contributed by atoms with Gasteiger partial charge in [-0.15, -0.1) is 0 Å². The van der Waals surface area contributed by atoms with Crippen molar-refractivity contribution in [3.8, 4) is 11.5 Å². The highest BCUT2D eigenvalue weighted by molar-refractivity contribution is 7.92. The van der Waals surface area contributed by atoms with E-state index in [1.807, 2.05) is 6.92 Å². The van der Waals surface area contributed by atoms with Gasteiger partial charge in [0.2, 0.25) is 15.9 Å². The summed E-state index contributed by atoms with van der Waals surface area (Å²) < 4.78 is 36.7. The fourth-order valence-corrected chi connectivity index (χ4v) is 3.91. The Labute approximate surface area is 172 Å². The Morgan fingerprint density at radius 3 is 2.45 bits per heavy atom. The summed E-state index contributed by atoms with van der Waals surface area (Å²) in [6.07, 6.45) is 2.69. The van der Waals surface area contributed by atoms with Gasteiger partial charge in [-0.05, 0) is 50.2 Å². The molecule has 2 aromatic carbocycles. The molecule has 2 aromatic rings. The lowest BCUT2D eigenvalue weighted by Gasteiger charge is -2.28. The number of hydrogen-bond acceptors (Lipinski definition) is 5. The summed E-state index contributed by atoms with van der Waals surface area (Å²) in [5, 5.41) is 2.74. The number of nitrogens with zero attached hydrogens (tertiary/aromatic N) is 1. The first-order valence-corrected chi connectivity index (χ1v) is 11.0. The lowest BCUT2D eigenvalue weighted by Crippen LogP contribution is -2.45. The summed E-state index contributed by atoms with van der Waals surface area (Å²) in [7, 11) is -3.70. The Hall–Kier alpha value is -3.00. The van der Waals surface area contributed by atoms with Crippen molar-refractivity contribution in [2.45, 2.75) is 19.9 Å². The van der Waals surface area contributed by atoms with Gasteiger partial charge in [0.15, 0.2) is 0 Å². The number of anilines is 2. The molecule has 0 aliphatic carbocycles. The van der Waals surface area contributed by atoms with Crippen LogP contribution in [-0.4, -0.2) is 39.8 Å². The lowest BCUT2D eigenvalue weighted by molar-refractivity contribution is -0.116. The second-order valence-corrected chi connectivity index (χ2v) is 8.14. The average molecular weight is 419 g/mol. The predicted molar refractivity (Wildman–Crippen MR) is 115 cm³/mol. The van der Waals surface area contributed by atoms with E-state index in [9.17, 15) is 13.2 Å². The molecule has 0 aliphatic heterocycles. The van der Waals surface area contributed by atoms with Crippen molar-refractivity contribution in [1.29, 1.82) is 0 Å². The zero-order valence-electron chi connectivity index (χ0n) is 16.8. The maximum atomic E-state index is 12.8. The molecule has 1 N–H and O–H groups in total. The van der Waals surface area contributed by atoms with Gasteiger partial charge in [0.1, 0.15) is 24.1 Å². The van der Waals surface area contributed by atoms with Crippen LogP contribution < -0.4 is 19.1 Å². The Bertz CT molecular complexity index is 942. The molecule has 0 aromatic heterocycles. The molecule has 0 saturated carbocycles. The third-order valence-corrected chi connectivity index (χ3v) is 5.20. The number of nitrogens with one attached hydrogen (secondary N) is 1. The molecule has 0 fully saturated rings. The van der Waals surface area contributed by atoms with Crippen LogP contribution in [0.1, 0.15) is 13.8 Å². The van der Waals surface area contributed by atoms with E-state index in [2.05, 4.69) is 11.9 Å². The van der Waals surface area contributed by atoms with E-state index in [1.54, 1.807) is 54.6 Å². The highest BCUT2D eigenvalue weighted by Gasteiger charge is 2.29. The quantitative estimate of drug-likeness (QED) is 0.598. The van der Waals surface area contributed by atoms with Crippen molar-refractivity contribution in [3.63, 3.8) is 0 Å². The first-order chi connectivity index (χ1) is 13.8. The number of ether oxygens (including phenoxy) is 2. The van der Waals surface area contributed by atoms with Gasteiger partial charge >= 0.3 is 0 Å². The topological polar surface area (TPSA) is 84.9 Å². The highest BCUT2D eigenvalue weighted by Crippen LogP contribution is 2.25. The third-order valence-electron chi connectivity index (χ3n) is 3.96. The van der Waals surface area contributed by atoms with Crippen LogP contribution in [0.4, 0.5) is 11.4 Å². The molecular weight excluding hydrogens is 392 g/mol. The molecule has 0 saturated heterocycles. The second-order valence-electron chi connectivity index (χ2n) is 6.28. The normalized spacial score (nSPS) is 12.0. The molecular formula is C21H26N2O5S. The number of carbonyl (C=O) groups is 1. The van der Waals surface area contributed by atoms with Crippen molar-refractivity contribution < 1.29 is 22.7 Å². The number of hydrogen-bond donors (Lipinski definition) is 1. The fraction of sp³-hybridized carbons (Fsp3) is 0.286. The minimum atomic E-state index is -3.70. The van der Waals surface area contributed by atoms with Crippen LogP contribution in [0.5, 0.6) is 11.5 Å². The van der Waals surface area contributed by atoms with Crippen molar-refractivity contribution in [2.24, 2.45) is 0 Å². The molecule has 2 rings (SSSR count). The number of amides is 1. The van der Waals surface area contributed by atoms with Crippen LogP contribution in [0.15, 0.2) is 61.2 Å². The molecule has 7 nitrogen and oxygen atoms in total. The molecule has 0 aliphatic rings. The summed E-state index contributed by atoms with van der Waals surface area (Å²) in [4.78, 5) is 12.8. The molecule has 1 amide bonds. The molecule has 0 unspecified atom stereocenters. The molecule has 1 atom stereocenters. The zero-order chi connectivity index (χ0) is 21.4. The van der Waals surface area contributed by atoms with E-state index in [1.165, 1.54) is 6.92 Å². The fourth-order valence-electron chi connectivity index (χ4n) is 2.73. The summed E-state index contributed by atoms with van der Waals surface area (Å²) in [6, 6.07) is 12.4. The first kappa shape index (κ1) is 22.3. The molecule has 0 radical (unpaired) electrons. The molecule has 29 heavy (non-hydrogen) atoms.